The Kier molecular flexibility index (Phi) is 5.82. The van der Waals surface area contributed by atoms with Crippen LogP contribution in [0.4, 0.5) is 0 Å². The highest BCUT2D eigenvalue weighted by molar-refractivity contribution is 7.88. The van der Waals surface area contributed by atoms with Crippen LogP contribution in [0.3, 0.4) is 0 Å². The van der Waals surface area contributed by atoms with Gasteiger partial charge in [0.05, 0.1) is 12.3 Å². The Bertz CT molecular complexity index is 642. The van der Waals surface area contributed by atoms with E-state index in [1.165, 1.54) is 11.9 Å². The third-order valence-electron chi connectivity index (χ3n) is 2.89. The molecule has 0 aromatic heterocycles. The maximum Gasteiger partial charge on any atom is 0.237 e. The van der Waals surface area contributed by atoms with Crippen LogP contribution >= 0.6 is 12.2 Å². The van der Waals surface area contributed by atoms with Crippen molar-refractivity contribution in [2.75, 3.05) is 27.7 Å². The monoisotopic (exact) mass is 329 g/mol. The van der Waals surface area contributed by atoms with Crippen LogP contribution in [-0.2, 0) is 20.6 Å². The van der Waals surface area contributed by atoms with Crippen molar-refractivity contribution in [2.45, 2.75) is 5.75 Å². The molecule has 1 aromatic rings. The van der Waals surface area contributed by atoms with E-state index in [9.17, 15) is 13.2 Å². The number of rotatable bonds is 6. The first-order valence-electron chi connectivity index (χ1n) is 6.16. The molecule has 6 nitrogen and oxygen atoms in total. The number of carbonyl (C=O) groups excluding carboxylic acids is 1. The average molecular weight is 329 g/mol. The van der Waals surface area contributed by atoms with Gasteiger partial charge in [-0.25, -0.2) is 8.42 Å². The van der Waals surface area contributed by atoms with E-state index in [2.05, 4.69) is 0 Å². The minimum Gasteiger partial charge on any atom is -0.389 e. The molecule has 0 fully saturated rings. The van der Waals surface area contributed by atoms with Gasteiger partial charge in [-0.3, -0.25) is 4.79 Å². The highest BCUT2D eigenvalue weighted by Gasteiger charge is 2.21. The lowest BCUT2D eigenvalue weighted by Crippen LogP contribution is -2.38. The molecule has 0 heterocycles. The Hall–Kier alpha value is -1.51. The first-order valence-corrected chi connectivity index (χ1v) is 8.18. The number of thiocarbonyl (C=S) groups is 1. The van der Waals surface area contributed by atoms with E-state index >= 15 is 0 Å². The Morgan fingerprint density at radius 2 is 1.90 bits per heavy atom. The van der Waals surface area contributed by atoms with Crippen molar-refractivity contribution < 1.29 is 13.2 Å². The third-order valence-corrected chi connectivity index (χ3v) is 4.90. The van der Waals surface area contributed by atoms with E-state index in [0.29, 0.717) is 11.1 Å². The highest BCUT2D eigenvalue weighted by Crippen LogP contribution is 2.12. The number of hydrogen-bond acceptors (Lipinski definition) is 4. The zero-order valence-electron chi connectivity index (χ0n) is 12.2. The van der Waals surface area contributed by atoms with Gasteiger partial charge in [-0.1, -0.05) is 30.4 Å². The Labute approximate surface area is 130 Å². The molecule has 1 rings (SSSR count). The molecule has 1 aromatic carbocycles. The predicted molar refractivity (Wildman–Crippen MR) is 86.3 cm³/mol. The van der Waals surface area contributed by atoms with E-state index in [4.69, 9.17) is 18.0 Å². The van der Waals surface area contributed by atoms with Crippen LogP contribution in [0, 0.1) is 0 Å². The number of carbonyl (C=O) groups is 1. The van der Waals surface area contributed by atoms with Gasteiger partial charge in [-0.05, 0) is 11.6 Å². The molecule has 0 aliphatic heterocycles. The molecule has 0 bridgehead atoms. The molecule has 0 spiro atoms. The number of benzene rings is 1. The first kappa shape index (κ1) is 17.5. The number of amides is 1. The molecule has 1 amide bonds. The molecule has 0 aliphatic rings. The molecule has 0 radical (unpaired) electrons. The van der Waals surface area contributed by atoms with Gasteiger partial charge in [0, 0.05) is 26.7 Å². The van der Waals surface area contributed by atoms with Gasteiger partial charge in [0.2, 0.25) is 15.9 Å². The third kappa shape index (κ3) is 5.07. The maximum atomic E-state index is 12.2. The minimum atomic E-state index is -3.58. The van der Waals surface area contributed by atoms with Crippen LogP contribution in [0.25, 0.3) is 0 Å². The number of nitrogens with two attached hydrogens (primary N) is 1. The first-order chi connectivity index (χ1) is 9.63. The molecule has 0 unspecified atom stereocenters. The van der Waals surface area contributed by atoms with Crippen LogP contribution in [-0.4, -0.2) is 56.2 Å². The van der Waals surface area contributed by atoms with Crippen LogP contribution in [0.1, 0.15) is 11.1 Å². The number of hydrogen-bond donors (Lipinski definition) is 1. The summed E-state index contributed by atoms with van der Waals surface area (Å²) >= 11 is 4.87. The van der Waals surface area contributed by atoms with Gasteiger partial charge in [0.25, 0.3) is 0 Å². The van der Waals surface area contributed by atoms with E-state index in [-0.39, 0.29) is 23.2 Å². The van der Waals surface area contributed by atoms with Crippen molar-refractivity contribution in [1.29, 1.82) is 0 Å². The van der Waals surface area contributed by atoms with Crippen LogP contribution in [0.5, 0.6) is 0 Å². The summed E-state index contributed by atoms with van der Waals surface area (Å²) in [6.45, 7) is -0.190. The van der Waals surface area contributed by atoms with E-state index < -0.39 is 10.0 Å². The standard InChI is InChI=1S/C13H19N3O3S2/c1-15(2)12(17)8-16(3)21(18,19)9-10-5-4-6-11(7-10)13(14)20/h4-7H,8-9H2,1-3H3,(H2,14,20). The summed E-state index contributed by atoms with van der Waals surface area (Å²) < 4.78 is 25.5. The Balaban J connectivity index is 2.87. The lowest BCUT2D eigenvalue weighted by atomic mass is 10.1. The van der Waals surface area contributed by atoms with Gasteiger partial charge in [-0.15, -0.1) is 0 Å². The normalized spacial score (nSPS) is 11.4. The quantitative estimate of drug-likeness (QED) is 0.752. The van der Waals surface area contributed by atoms with Crippen molar-refractivity contribution in [2.24, 2.45) is 5.73 Å². The fourth-order valence-electron chi connectivity index (χ4n) is 1.57. The second kappa shape index (κ2) is 6.97. The minimum absolute atomic E-state index is 0.190. The molecule has 0 atom stereocenters. The van der Waals surface area contributed by atoms with Crippen LogP contribution in [0.2, 0.25) is 0 Å². The van der Waals surface area contributed by atoms with Crippen molar-refractivity contribution >= 4 is 33.1 Å². The van der Waals surface area contributed by atoms with E-state index in [1.54, 1.807) is 38.4 Å². The van der Waals surface area contributed by atoms with E-state index in [0.717, 1.165) is 4.31 Å². The molecular formula is C13H19N3O3S2. The second-order valence-corrected chi connectivity index (χ2v) is 7.38. The molecule has 8 heteroatoms. The molecule has 0 aliphatic carbocycles. The molecule has 2 N–H and O–H groups in total. The molecule has 21 heavy (non-hydrogen) atoms. The zero-order valence-corrected chi connectivity index (χ0v) is 13.9. The Morgan fingerprint density at radius 3 is 2.43 bits per heavy atom. The summed E-state index contributed by atoms with van der Waals surface area (Å²) in [5.41, 5.74) is 6.72. The van der Waals surface area contributed by atoms with Crippen LogP contribution < -0.4 is 5.73 Å². The van der Waals surface area contributed by atoms with Crippen molar-refractivity contribution in [3.05, 3.63) is 35.4 Å². The fraction of sp³-hybridized carbons (Fsp3) is 0.385. The number of nitrogens with zero attached hydrogens (tertiary/aromatic N) is 2. The summed E-state index contributed by atoms with van der Waals surface area (Å²) in [5, 5.41) is 0. The smallest absolute Gasteiger partial charge is 0.237 e. The lowest BCUT2D eigenvalue weighted by Gasteiger charge is -2.19. The average Bonchev–Trinajstić information content (AvgIpc) is 2.38. The van der Waals surface area contributed by atoms with Gasteiger partial charge < -0.3 is 10.6 Å². The Morgan fingerprint density at radius 1 is 1.29 bits per heavy atom. The van der Waals surface area contributed by atoms with Crippen LogP contribution in [0.15, 0.2) is 24.3 Å². The maximum absolute atomic E-state index is 12.2. The lowest BCUT2D eigenvalue weighted by molar-refractivity contribution is -0.128. The van der Waals surface area contributed by atoms with Gasteiger partial charge >= 0.3 is 0 Å². The molecular weight excluding hydrogens is 310 g/mol. The topological polar surface area (TPSA) is 83.7 Å². The highest BCUT2D eigenvalue weighted by atomic mass is 32.2. The number of likely N-dealkylation sites (N-methyl/N-ethyl adjacent to an activating group) is 2. The zero-order chi connectivity index (χ0) is 16.2. The SMILES string of the molecule is CN(C)C(=O)CN(C)S(=O)(=O)Cc1cccc(C(N)=S)c1. The van der Waals surface area contributed by atoms with E-state index in [1.807, 2.05) is 0 Å². The summed E-state index contributed by atoms with van der Waals surface area (Å²) in [7, 11) is 0.956. The predicted octanol–water partition coefficient (Wildman–Crippen LogP) is 0.171. The summed E-state index contributed by atoms with van der Waals surface area (Å²) in [4.78, 5) is 13.1. The molecule has 116 valence electrons. The number of sulfonamides is 1. The van der Waals surface area contributed by atoms with Gasteiger partial charge in [0.15, 0.2) is 0 Å². The molecule has 0 saturated carbocycles. The summed E-state index contributed by atoms with van der Waals surface area (Å²) in [6, 6.07) is 6.74. The summed E-state index contributed by atoms with van der Waals surface area (Å²) in [6.07, 6.45) is 0. The largest absolute Gasteiger partial charge is 0.389 e. The van der Waals surface area contributed by atoms with Gasteiger partial charge in [-0.2, -0.15) is 4.31 Å². The fourth-order valence-corrected chi connectivity index (χ4v) is 2.82. The van der Waals surface area contributed by atoms with Crippen molar-refractivity contribution in [1.82, 2.24) is 9.21 Å². The second-order valence-electron chi connectivity index (χ2n) is 4.87. The van der Waals surface area contributed by atoms with Crippen molar-refractivity contribution in [3.8, 4) is 0 Å². The molecule has 0 saturated heterocycles. The van der Waals surface area contributed by atoms with Crippen molar-refractivity contribution in [3.63, 3.8) is 0 Å². The summed E-state index contributed by atoms with van der Waals surface area (Å²) in [5.74, 6) is -0.487. The van der Waals surface area contributed by atoms with Gasteiger partial charge in [0.1, 0.15) is 4.99 Å².